The van der Waals surface area contributed by atoms with Crippen LogP contribution in [0.4, 0.5) is 10.5 Å². The van der Waals surface area contributed by atoms with Crippen LogP contribution in [0.25, 0.3) is 0 Å². The van der Waals surface area contributed by atoms with Gasteiger partial charge in [-0.1, -0.05) is 70.5 Å². The molecule has 2 atom stereocenters. The summed E-state index contributed by atoms with van der Waals surface area (Å²) in [5.74, 6) is -1.42. The van der Waals surface area contributed by atoms with E-state index in [0.29, 0.717) is 37.1 Å². The highest BCUT2D eigenvalue weighted by molar-refractivity contribution is 9.10. The smallest absolute Gasteiger partial charge is 0.407 e. The normalized spacial score (nSPS) is 12.5. The first-order chi connectivity index (χ1) is 22.5. The molecule has 0 aliphatic heterocycles. The molecule has 0 radical (unpaired) electrons. The first-order valence-electron chi connectivity index (χ1n) is 15.0. The van der Waals surface area contributed by atoms with Crippen molar-refractivity contribution in [3.05, 3.63) is 112 Å². The number of sulfone groups is 1. The molecule has 0 heterocycles. The summed E-state index contributed by atoms with van der Waals surface area (Å²) in [6, 6.07) is 22.9. The molecule has 0 fully saturated rings. The van der Waals surface area contributed by atoms with E-state index in [1.807, 2.05) is 36.4 Å². The predicted octanol–water partition coefficient (Wildman–Crippen LogP) is 5.11. The summed E-state index contributed by atoms with van der Waals surface area (Å²) < 4.78 is 29.7. The summed E-state index contributed by atoms with van der Waals surface area (Å²) in [7, 11) is -3.49. The zero-order valence-electron chi connectivity index (χ0n) is 26.0. The number of unbranched alkanes of at least 4 members (excludes halogenated alkanes) is 1. The first-order valence-corrected chi connectivity index (χ1v) is 17.8. The van der Waals surface area contributed by atoms with Crippen molar-refractivity contribution in [1.29, 1.82) is 0 Å². The van der Waals surface area contributed by atoms with Gasteiger partial charge in [-0.15, -0.1) is 0 Å². The van der Waals surface area contributed by atoms with Gasteiger partial charge < -0.3 is 26.0 Å². The van der Waals surface area contributed by atoms with Crippen LogP contribution in [0.2, 0.25) is 0 Å². The molecule has 3 aromatic carbocycles. The SMILES string of the molecule is CS(=O)(=O)/C=C/[C@H](CCCCNC(=O)OCc1ccccc1)NC(=O)[C@H](CCC(=O)Nc1ccccc1)NC(=O)c1ccc(Br)cc1. The van der Waals surface area contributed by atoms with Crippen LogP contribution >= 0.6 is 15.9 Å². The fourth-order valence-corrected chi connectivity index (χ4v) is 5.06. The lowest BCUT2D eigenvalue weighted by Crippen LogP contribution is -2.49. The van der Waals surface area contributed by atoms with Crippen LogP contribution in [0.3, 0.4) is 0 Å². The molecule has 0 bridgehead atoms. The number of ether oxygens (including phenoxy) is 1. The number of hydrogen-bond donors (Lipinski definition) is 4. The Morgan fingerprint density at radius 2 is 1.51 bits per heavy atom. The van der Waals surface area contributed by atoms with Gasteiger partial charge in [0.15, 0.2) is 9.84 Å². The standard InChI is InChI=1S/C34H39BrN4O7S/c1-47(44,45)23-21-29(14-8-9-22-36-34(43)46-24-25-10-4-2-5-11-25)38-33(42)30(39-32(41)26-15-17-27(35)18-16-26)19-20-31(40)37-28-12-6-3-7-13-28/h2-7,10-13,15-18,21,23,29-30H,8-9,14,19-20,22,24H2,1H3,(H,36,43)(H,37,40)(H,38,42)(H,39,41)/b23-21+/t29-,30-/m0/s1. The van der Waals surface area contributed by atoms with Crippen molar-refractivity contribution in [3.63, 3.8) is 0 Å². The molecule has 0 aromatic heterocycles. The van der Waals surface area contributed by atoms with E-state index < -0.39 is 39.8 Å². The number of carbonyl (C=O) groups is 4. The largest absolute Gasteiger partial charge is 0.445 e. The monoisotopic (exact) mass is 726 g/mol. The number of benzene rings is 3. The summed E-state index contributed by atoms with van der Waals surface area (Å²) in [6.45, 7) is 0.455. The molecule has 4 N–H and O–H groups in total. The second-order valence-corrected chi connectivity index (χ2v) is 13.6. The Balaban J connectivity index is 1.60. The van der Waals surface area contributed by atoms with Gasteiger partial charge in [-0.25, -0.2) is 13.2 Å². The van der Waals surface area contributed by atoms with Gasteiger partial charge in [0.1, 0.15) is 12.6 Å². The van der Waals surface area contributed by atoms with Gasteiger partial charge in [0.05, 0.1) is 0 Å². The van der Waals surface area contributed by atoms with E-state index in [1.165, 1.54) is 6.08 Å². The number of carbonyl (C=O) groups excluding carboxylic acids is 4. The lowest BCUT2D eigenvalue weighted by Gasteiger charge is -2.22. The Morgan fingerprint density at radius 1 is 0.851 bits per heavy atom. The molecular weight excluding hydrogens is 688 g/mol. The van der Waals surface area contributed by atoms with Crippen LogP contribution in [-0.2, 0) is 30.8 Å². The van der Waals surface area contributed by atoms with Crippen molar-refractivity contribution in [2.45, 2.75) is 50.8 Å². The number of alkyl carbamates (subject to hydrolysis) is 1. The van der Waals surface area contributed by atoms with Gasteiger partial charge >= 0.3 is 6.09 Å². The summed E-state index contributed by atoms with van der Waals surface area (Å²) in [5.41, 5.74) is 1.78. The van der Waals surface area contributed by atoms with Crippen molar-refractivity contribution < 1.29 is 32.3 Å². The summed E-state index contributed by atoms with van der Waals surface area (Å²) in [6.07, 6.45) is 3.19. The first kappa shape index (κ1) is 37.0. The minimum atomic E-state index is -3.49. The highest BCUT2D eigenvalue weighted by Gasteiger charge is 2.24. The van der Waals surface area contributed by atoms with Gasteiger partial charge in [-0.3, -0.25) is 14.4 Å². The lowest BCUT2D eigenvalue weighted by molar-refractivity contribution is -0.123. The molecular formula is C34H39BrN4O7S. The maximum absolute atomic E-state index is 13.5. The zero-order valence-corrected chi connectivity index (χ0v) is 28.4. The Bertz CT molecular complexity index is 1600. The maximum Gasteiger partial charge on any atom is 0.407 e. The molecule has 0 saturated carbocycles. The third-order valence-corrected chi connectivity index (χ3v) is 7.94. The van der Waals surface area contributed by atoms with E-state index in [9.17, 15) is 27.6 Å². The second-order valence-electron chi connectivity index (χ2n) is 10.7. The highest BCUT2D eigenvalue weighted by atomic mass is 79.9. The van der Waals surface area contributed by atoms with Gasteiger partial charge in [0.25, 0.3) is 5.91 Å². The molecule has 3 aromatic rings. The molecule has 0 saturated heterocycles. The molecule has 13 heteroatoms. The number of nitrogens with one attached hydrogen (secondary N) is 4. The van der Waals surface area contributed by atoms with Gasteiger partial charge in [0, 0.05) is 46.4 Å². The van der Waals surface area contributed by atoms with Crippen LogP contribution in [0.5, 0.6) is 0 Å². The molecule has 0 unspecified atom stereocenters. The molecule has 0 aliphatic rings. The molecule has 3 rings (SSSR count). The van der Waals surface area contributed by atoms with Crippen LogP contribution in [0.1, 0.15) is 48.0 Å². The second kappa shape index (κ2) is 19.2. The predicted molar refractivity (Wildman–Crippen MR) is 184 cm³/mol. The Labute approximate surface area is 283 Å². The number of amides is 4. The van der Waals surface area contributed by atoms with Crippen LogP contribution < -0.4 is 21.3 Å². The Morgan fingerprint density at radius 3 is 2.17 bits per heavy atom. The van der Waals surface area contributed by atoms with E-state index in [4.69, 9.17) is 4.74 Å². The number of rotatable bonds is 17. The number of halogens is 1. The molecule has 11 nitrogen and oxygen atoms in total. The molecule has 0 spiro atoms. The van der Waals surface area contributed by atoms with Gasteiger partial charge in [-0.2, -0.15) is 0 Å². The lowest BCUT2D eigenvalue weighted by atomic mass is 10.1. The van der Waals surface area contributed by atoms with Crippen LogP contribution in [0.15, 0.2) is 101 Å². The maximum atomic E-state index is 13.5. The third kappa shape index (κ3) is 15.1. The minimum absolute atomic E-state index is 0.00963. The Hall–Kier alpha value is -4.49. The van der Waals surface area contributed by atoms with Crippen LogP contribution in [-0.4, -0.2) is 57.1 Å². The average Bonchev–Trinajstić information content (AvgIpc) is 3.05. The summed E-state index contributed by atoms with van der Waals surface area (Å²) in [5, 5.41) is 12.0. The summed E-state index contributed by atoms with van der Waals surface area (Å²) >= 11 is 3.33. The quantitative estimate of drug-likeness (QED) is 0.141. The van der Waals surface area contributed by atoms with E-state index in [2.05, 4.69) is 37.2 Å². The molecule has 4 amide bonds. The van der Waals surface area contributed by atoms with Gasteiger partial charge in [-0.05, 0) is 67.6 Å². The molecule has 47 heavy (non-hydrogen) atoms. The topological polar surface area (TPSA) is 160 Å². The van der Waals surface area contributed by atoms with Crippen molar-refractivity contribution >= 4 is 55.3 Å². The van der Waals surface area contributed by atoms with Crippen LogP contribution in [0, 0.1) is 0 Å². The fourth-order valence-electron chi connectivity index (χ4n) is 4.32. The summed E-state index contributed by atoms with van der Waals surface area (Å²) in [4.78, 5) is 51.2. The number of hydrogen-bond acceptors (Lipinski definition) is 7. The number of para-hydroxylation sites is 1. The zero-order chi connectivity index (χ0) is 34.1. The van der Waals surface area contributed by atoms with E-state index in [1.54, 1.807) is 48.5 Å². The number of anilines is 1. The average molecular weight is 728 g/mol. The highest BCUT2D eigenvalue weighted by Crippen LogP contribution is 2.13. The van der Waals surface area contributed by atoms with Crippen molar-refractivity contribution in [2.75, 3.05) is 18.1 Å². The van der Waals surface area contributed by atoms with Gasteiger partial charge in [0.2, 0.25) is 11.8 Å². The van der Waals surface area contributed by atoms with E-state index >= 15 is 0 Å². The van der Waals surface area contributed by atoms with Crippen molar-refractivity contribution in [3.8, 4) is 0 Å². The molecule has 250 valence electrons. The van der Waals surface area contributed by atoms with Crippen molar-refractivity contribution in [2.24, 2.45) is 0 Å². The van der Waals surface area contributed by atoms with Crippen molar-refractivity contribution in [1.82, 2.24) is 16.0 Å². The Kier molecular flexibility index (Phi) is 15.1. The van der Waals surface area contributed by atoms with E-state index in [-0.39, 0.29) is 25.4 Å². The third-order valence-electron chi connectivity index (χ3n) is 6.76. The minimum Gasteiger partial charge on any atom is -0.445 e. The fraction of sp³-hybridized carbons (Fsp3) is 0.294. The molecule has 0 aliphatic carbocycles. The van der Waals surface area contributed by atoms with E-state index in [0.717, 1.165) is 21.7 Å².